The highest BCUT2D eigenvalue weighted by molar-refractivity contribution is 5.85. The zero-order valence-corrected chi connectivity index (χ0v) is 14.6. The van der Waals surface area contributed by atoms with Gasteiger partial charge in [-0.05, 0) is 29.3 Å². The second kappa shape index (κ2) is 8.81. The zero-order chi connectivity index (χ0) is 20.9. The van der Waals surface area contributed by atoms with Gasteiger partial charge in [0, 0.05) is 12.5 Å². The summed E-state index contributed by atoms with van der Waals surface area (Å²) >= 11 is 0. The second-order valence-corrected chi connectivity index (χ2v) is 5.95. The first-order chi connectivity index (χ1) is 13.1. The third kappa shape index (κ3) is 5.77. The first-order valence-corrected chi connectivity index (χ1v) is 8.07. The van der Waals surface area contributed by atoms with Crippen molar-refractivity contribution < 1.29 is 36.3 Å². The van der Waals surface area contributed by atoms with Crippen molar-refractivity contribution in [3.63, 3.8) is 0 Å². The van der Waals surface area contributed by atoms with E-state index in [0.29, 0.717) is 11.6 Å². The zero-order valence-electron chi connectivity index (χ0n) is 14.6. The Morgan fingerprint density at radius 2 is 1.71 bits per heavy atom. The van der Waals surface area contributed by atoms with Gasteiger partial charge in [-0.3, -0.25) is 4.79 Å². The van der Waals surface area contributed by atoms with E-state index in [9.17, 15) is 31.5 Å². The smallest absolute Gasteiger partial charge is 0.416 e. The molecule has 0 aromatic heterocycles. The molecule has 150 valence electrons. The molecule has 0 fully saturated rings. The maximum atomic E-state index is 13.7. The van der Waals surface area contributed by atoms with Crippen molar-refractivity contribution in [1.82, 2.24) is 5.32 Å². The second-order valence-electron chi connectivity index (χ2n) is 5.95. The van der Waals surface area contributed by atoms with E-state index < -0.39 is 47.7 Å². The lowest BCUT2D eigenvalue weighted by molar-refractivity contribution is -0.145. The summed E-state index contributed by atoms with van der Waals surface area (Å²) in [5.41, 5.74) is -0.560. The minimum absolute atomic E-state index is 0.0722. The maximum Gasteiger partial charge on any atom is 0.416 e. The summed E-state index contributed by atoms with van der Waals surface area (Å²) in [5.74, 6) is -3.25. The van der Waals surface area contributed by atoms with Crippen LogP contribution in [-0.4, -0.2) is 25.0 Å². The SMILES string of the molecule is COC(=O)[C@@H](Cc1ccc(C(F)(F)F)cc1)NC(=O)Cc1ccc(F)cc1F. The van der Waals surface area contributed by atoms with E-state index in [1.807, 2.05) is 0 Å². The van der Waals surface area contributed by atoms with Crippen LogP contribution in [-0.2, 0) is 33.3 Å². The quantitative estimate of drug-likeness (QED) is 0.596. The molecule has 0 bridgehead atoms. The van der Waals surface area contributed by atoms with Gasteiger partial charge in [0.2, 0.25) is 5.91 Å². The van der Waals surface area contributed by atoms with Gasteiger partial charge >= 0.3 is 12.1 Å². The Kier molecular flexibility index (Phi) is 6.71. The molecule has 1 atom stereocenters. The summed E-state index contributed by atoms with van der Waals surface area (Å²) in [7, 11) is 1.09. The van der Waals surface area contributed by atoms with Gasteiger partial charge in [0.1, 0.15) is 17.7 Å². The van der Waals surface area contributed by atoms with Crippen LogP contribution in [0.1, 0.15) is 16.7 Å². The minimum Gasteiger partial charge on any atom is -0.467 e. The summed E-state index contributed by atoms with van der Waals surface area (Å²) in [4.78, 5) is 24.0. The number of ether oxygens (including phenoxy) is 1. The number of halogens is 5. The van der Waals surface area contributed by atoms with Crippen LogP contribution in [0, 0.1) is 11.6 Å². The number of hydrogen-bond donors (Lipinski definition) is 1. The van der Waals surface area contributed by atoms with E-state index in [2.05, 4.69) is 10.1 Å². The van der Waals surface area contributed by atoms with Gasteiger partial charge in [-0.15, -0.1) is 0 Å². The summed E-state index contributed by atoms with van der Waals surface area (Å²) in [6, 6.07) is 5.63. The molecule has 0 saturated carbocycles. The number of nitrogens with one attached hydrogen (secondary N) is 1. The van der Waals surface area contributed by atoms with Gasteiger partial charge in [-0.1, -0.05) is 18.2 Å². The molecule has 2 aromatic carbocycles. The van der Waals surface area contributed by atoms with Crippen molar-refractivity contribution in [2.45, 2.75) is 25.1 Å². The maximum absolute atomic E-state index is 13.7. The van der Waals surface area contributed by atoms with Gasteiger partial charge in [-0.25, -0.2) is 13.6 Å². The molecule has 4 nitrogen and oxygen atoms in total. The van der Waals surface area contributed by atoms with Crippen LogP contribution in [0.4, 0.5) is 22.0 Å². The normalized spacial score (nSPS) is 12.4. The molecule has 9 heteroatoms. The lowest BCUT2D eigenvalue weighted by Gasteiger charge is -2.17. The number of rotatable bonds is 6. The molecule has 0 saturated heterocycles. The molecule has 2 rings (SSSR count). The molecule has 28 heavy (non-hydrogen) atoms. The monoisotopic (exact) mass is 401 g/mol. The predicted octanol–water partition coefficient (Wildman–Crippen LogP) is 3.43. The van der Waals surface area contributed by atoms with Crippen molar-refractivity contribution in [3.05, 3.63) is 70.8 Å². The number of amides is 1. The van der Waals surface area contributed by atoms with Gasteiger partial charge in [0.05, 0.1) is 19.1 Å². The Labute approximate surface area is 157 Å². The predicted molar refractivity (Wildman–Crippen MR) is 89.2 cm³/mol. The molecule has 0 heterocycles. The number of benzene rings is 2. The van der Waals surface area contributed by atoms with E-state index in [-0.39, 0.29) is 12.0 Å². The summed E-state index contributed by atoms with van der Waals surface area (Å²) in [6.45, 7) is 0. The van der Waals surface area contributed by atoms with E-state index in [4.69, 9.17) is 0 Å². The van der Waals surface area contributed by atoms with Gasteiger partial charge in [-0.2, -0.15) is 13.2 Å². The topological polar surface area (TPSA) is 55.4 Å². The lowest BCUT2D eigenvalue weighted by Crippen LogP contribution is -2.43. The number of carbonyl (C=O) groups excluding carboxylic acids is 2. The number of esters is 1. The average Bonchev–Trinajstić information content (AvgIpc) is 2.62. The Bertz CT molecular complexity index is 850. The summed E-state index contributed by atoms with van der Waals surface area (Å²) in [5, 5.41) is 2.36. The van der Waals surface area contributed by atoms with Crippen LogP contribution >= 0.6 is 0 Å². The molecule has 0 unspecified atom stereocenters. The summed E-state index contributed by atoms with van der Waals surface area (Å²) < 4.78 is 69.0. The number of methoxy groups -OCH3 is 1. The summed E-state index contributed by atoms with van der Waals surface area (Å²) in [6.07, 6.45) is -5.07. The number of hydrogen-bond acceptors (Lipinski definition) is 3. The minimum atomic E-state index is -4.49. The molecule has 1 N–H and O–H groups in total. The van der Waals surface area contributed by atoms with E-state index >= 15 is 0 Å². The largest absolute Gasteiger partial charge is 0.467 e. The Morgan fingerprint density at radius 3 is 2.25 bits per heavy atom. The number of alkyl halides is 3. The molecule has 0 radical (unpaired) electrons. The Balaban J connectivity index is 2.09. The van der Waals surface area contributed by atoms with E-state index in [0.717, 1.165) is 31.4 Å². The van der Waals surface area contributed by atoms with Gasteiger partial charge in [0.15, 0.2) is 0 Å². The van der Waals surface area contributed by atoms with Crippen molar-refractivity contribution in [2.75, 3.05) is 7.11 Å². The highest BCUT2D eigenvalue weighted by Crippen LogP contribution is 2.29. The molecular weight excluding hydrogens is 385 g/mol. The fourth-order valence-corrected chi connectivity index (χ4v) is 2.48. The van der Waals surface area contributed by atoms with Gasteiger partial charge < -0.3 is 10.1 Å². The van der Waals surface area contributed by atoms with Gasteiger partial charge in [0.25, 0.3) is 0 Å². The third-order valence-electron chi connectivity index (χ3n) is 3.91. The standard InChI is InChI=1S/C19H16F5NO3/c1-28-18(27)16(8-11-2-5-13(6-3-11)19(22,23)24)25-17(26)9-12-4-7-14(20)10-15(12)21/h2-7,10,16H,8-9H2,1H3,(H,25,26)/t16-/m1/s1. The highest BCUT2D eigenvalue weighted by atomic mass is 19.4. The molecule has 0 aliphatic heterocycles. The van der Waals surface area contributed by atoms with Crippen molar-refractivity contribution in [1.29, 1.82) is 0 Å². The van der Waals surface area contributed by atoms with E-state index in [1.54, 1.807) is 0 Å². The first kappa shape index (κ1) is 21.3. The molecule has 0 aliphatic rings. The first-order valence-electron chi connectivity index (χ1n) is 8.07. The van der Waals surface area contributed by atoms with Crippen molar-refractivity contribution >= 4 is 11.9 Å². The molecule has 0 spiro atoms. The fourth-order valence-electron chi connectivity index (χ4n) is 2.48. The van der Waals surface area contributed by atoms with Crippen LogP contribution in [0.2, 0.25) is 0 Å². The average molecular weight is 401 g/mol. The lowest BCUT2D eigenvalue weighted by atomic mass is 10.0. The molecule has 2 aromatic rings. The molecule has 1 amide bonds. The van der Waals surface area contributed by atoms with Crippen LogP contribution < -0.4 is 5.32 Å². The molecule has 0 aliphatic carbocycles. The Morgan fingerprint density at radius 1 is 1.07 bits per heavy atom. The third-order valence-corrected chi connectivity index (χ3v) is 3.91. The van der Waals surface area contributed by atoms with E-state index in [1.165, 1.54) is 12.1 Å². The van der Waals surface area contributed by atoms with Crippen LogP contribution in [0.3, 0.4) is 0 Å². The van der Waals surface area contributed by atoms with Crippen LogP contribution in [0.15, 0.2) is 42.5 Å². The highest BCUT2D eigenvalue weighted by Gasteiger charge is 2.30. The molecular formula is C19H16F5NO3. The number of carbonyl (C=O) groups is 2. The fraction of sp³-hybridized carbons (Fsp3) is 0.263. The Hall–Kier alpha value is -2.97. The van der Waals surface area contributed by atoms with Crippen LogP contribution in [0.5, 0.6) is 0 Å². The van der Waals surface area contributed by atoms with Crippen molar-refractivity contribution in [2.24, 2.45) is 0 Å². The van der Waals surface area contributed by atoms with Crippen molar-refractivity contribution in [3.8, 4) is 0 Å². The van der Waals surface area contributed by atoms with Crippen LogP contribution in [0.25, 0.3) is 0 Å².